The molecule has 3 aromatic rings. The van der Waals surface area contributed by atoms with Gasteiger partial charge in [-0.1, -0.05) is 68.0 Å². The number of rotatable bonds is 4. The van der Waals surface area contributed by atoms with E-state index in [1.54, 1.807) is 0 Å². The zero-order chi connectivity index (χ0) is 20.8. The Labute approximate surface area is 181 Å². The minimum Gasteiger partial charge on any atom is -0.494 e. The molecule has 0 aromatic heterocycles. The number of hydrogen-bond donors (Lipinski definition) is 0. The van der Waals surface area contributed by atoms with Crippen LogP contribution in [0.1, 0.15) is 62.1 Å². The summed E-state index contributed by atoms with van der Waals surface area (Å²) < 4.78 is 5.52. The molecule has 0 bridgehead atoms. The first-order valence-corrected chi connectivity index (χ1v) is 11.2. The van der Waals surface area contributed by atoms with Crippen molar-refractivity contribution in [3.8, 4) is 28.7 Å². The van der Waals surface area contributed by atoms with Crippen LogP contribution in [0.4, 0.5) is 0 Å². The van der Waals surface area contributed by atoms with E-state index in [1.807, 2.05) is 19.1 Å². The molecule has 3 aromatic carbocycles. The van der Waals surface area contributed by atoms with Gasteiger partial charge in [0, 0.05) is 11.1 Å². The highest BCUT2D eigenvalue weighted by atomic mass is 16.5. The van der Waals surface area contributed by atoms with Gasteiger partial charge in [0.1, 0.15) is 5.75 Å². The maximum Gasteiger partial charge on any atom is 0.119 e. The van der Waals surface area contributed by atoms with Crippen LogP contribution in [0.25, 0.3) is 11.1 Å². The van der Waals surface area contributed by atoms with E-state index in [1.165, 1.54) is 42.4 Å². The van der Waals surface area contributed by atoms with Crippen molar-refractivity contribution in [1.29, 1.82) is 0 Å². The Morgan fingerprint density at radius 3 is 1.73 bits per heavy atom. The standard InChI is InChI=1S/C29H30O/c1-3-30-29-20-18-28(19-21-29)27-16-10-24(11-17-27)7-6-23-8-14-26(15-9-23)25-12-4-22(2)5-13-25/h8-11,14-22,25H,3-5,12-13H2,1-2H3. The third-order valence-electron chi connectivity index (χ3n) is 6.13. The van der Waals surface area contributed by atoms with Crippen molar-refractivity contribution in [3.05, 3.63) is 89.5 Å². The van der Waals surface area contributed by atoms with Crippen LogP contribution in [0.5, 0.6) is 5.75 Å². The van der Waals surface area contributed by atoms with Crippen LogP contribution in [0, 0.1) is 17.8 Å². The van der Waals surface area contributed by atoms with Crippen molar-refractivity contribution in [1.82, 2.24) is 0 Å². The van der Waals surface area contributed by atoms with Crippen molar-refractivity contribution in [3.63, 3.8) is 0 Å². The molecule has 0 radical (unpaired) electrons. The van der Waals surface area contributed by atoms with Gasteiger partial charge in [-0.15, -0.1) is 0 Å². The Bertz CT molecular complexity index is 993. The molecule has 30 heavy (non-hydrogen) atoms. The molecule has 1 fully saturated rings. The van der Waals surface area contributed by atoms with Gasteiger partial charge in [-0.2, -0.15) is 0 Å². The molecule has 0 atom stereocenters. The lowest BCUT2D eigenvalue weighted by Crippen LogP contribution is -2.10. The highest BCUT2D eigenvalue weighted by molar-refractivity contribution is 5.65. The molecule has 0 unspecified atom stereocenters. The van der Waals surface area contributed by atoms with Crippen LogP contribution < -0.4 is 4.74 Å². The summed E-state index contributed by atoms with van der Waals surface area (Å²) in [7, 11) is 0. The van der Waals surface area contributed by atoms with Crippen LogP contribution in [-0.4, -0.2) is 6.61 Å². The summed E-state index contributed by atoms with van der Waals surface area (Å²) in [5.74, 6) is 9.15. The van der Waals surface area contributed by atoms with Crippen molar-refractivity contribution in [2.45, 2.75) is 45.4 Å². The second kappa shape index (κ2) is 9.68. The Morgan fingerprint density at radius 2 is 1.20 bits per heavy atom. The average Bonchev–Trinajstić information content (AvgIpc) is 2.80. The molecule has 1 heteroatoms. The van der Waals surface area contributed by atoms with Crippen molar-refractivity contribution >= 4 is 0 Å². The van der Waals surface area contributed by atoms with E-state index in [-0.39, 0.29) is 0 Å². The molecule has 0 N–H and O–H groups in total. The first-order valence-electron chi connectivity index (χ1n) is 11.2. The molecule has 0 heterocycles. The molecule has 0 aliphatic heterocycles. The fourth-order valence-corrected chi connectivity index (χ4v) is 4.23. The van der Waals surface area contributed by atoms with Gasteiger partial charge in [-0.3, -0.25) is 0 Å². The minimum absolute atomic E-state index is 0.690. The van der Waals surface area contributed by atoms with Gasteiger partial charge in [0.15, 0.2) is 0 Å². The van der Waals surface area contributed by atoms with Gasteiger partial charge >= 0.3 is 0 Å². The molecule has 0 amide bonds. The smallest absolute Gasteiger partial charge is 0.119 e. The van der Waals surface area contributed by atoms with Crippen molar-refractivity contribution < 1.29 is 4.74 Å². The molecular formula is C29H30O. The average molecular weight is 395 g/mol. The number of ether oxygens (including phenoxy) is 1. The third kappa shape index (κ3) is 5.14. The molecule has 1 nitrogen and oxygen atoms in total. The van der Waals surface area contributed by atoms with Gasteiger partial charge in [-0.05, 0) is 84.7 Å². The Hall–Kier alpha value is -2.98. The van der Waals surface area contributed by atoms with Crippen molar-refractivity contribution in [2.75, 3.05) is 6.61 Å². The summed E-state index contributed by atoms with van der Waals surface area (Å²) in [6.45, 7) is 5.06. The monoisotopic (exact) mass is 394 g/mol. The molecule has 4 rings (SSSR count). The van der Waals surface area contributed by atoms with Gasteiger partial charge in [0.2, 0.25) is 0 Å². The number of benzene rings is 3. The lowest BCUT2D eigenvalue weighted by atomic mass is 9.79. The largest absolute Gasteiger partial charge is 0.494 e. The zero-order valence-electron chi connectivity index (χ0n) is 18.0. The van der Waals surface area contributed by atoms with Gasteiger partial charge in [-0.25, -0.2) is 0 Å². The Morgan fingerprint density at radius 1 is 0.700 bits per heavy atom. The summed E-state index contributed by atoms with van der Waals surface area (Å²) >= 11 is 0. The van der Waals surface area contributed by atoms with E-state index in [2.05, 4.69) is 79.4 Å². The molecule has 1 saturated carbocycles. The summed E-state index contributed by atoms with van der Waals surface area (Å²) in [5.41, 5.74) is 5.97. The van der Waals surface area contributed by atoms with E-state index in [9.17, 15) is 0 Å². The first-order chi connectivity index (χ1) is 14.7. The lowest BCUT2D eigenvalue weighted by Gasteiger charge is -2.26. The van der Waals surface area contributed by atoms with E-state index < -0.39 is 0 Å². The molecule has 0 spiro atoms. The first kappa shape index (κ1) is 20.3. The van der Waals surface area contributed by atoms with Crippen LogP contribution in [-0.2, 0) is 0 Å². The SMILES string of the molecule is CCOc1ccc(-c2ccc(C#Cc3ccc(C4CCC(C)CC4)cc3)cc2)cc1. The van der Waals surface area contributed by atoms with Gasteiger partial charge < -0.3 is 4.74 Å². The quantitative estimate of drug-likeness (QED) is 0.418. The molecular weight excluding hydrogens is 364 g/mol. The predicted octanol–water partition coefficient (Wildman–Crippen LogP) is 7.45. The molecule has 1 aliphatic rings. The van der Waals surface area contributed by atoms with Crippen LogP contribution in [0.2, 0.25) is 0 Å². The van der Waals surface area contributed by atoms with Gasteiger partial charge in [0.05, 0.1) is 6.61 Å². The van der Waals surface area contributed by atoms with Crippen LogP contribution >= 0.6 is 0 Å². The van der Waals surface area contributed by atoms with Gasteiger partial charge in [0.25, 0.3) is 0 Å². The predicted molar refractivity (Wildman–Crippen MR) is 126 cm³/mol. The third-order valence-corrected chi connectivity index (χ3v) is 6.13. The van der Waals surface area contributed by atoms with Crippen molar-refractivity contribution in [2.24, 2.45) is 5.92 Å². The summed E-state index contributed by atoms with van der Waals surface area (Å²) in [6.07, 6.45) is 5.37. The fraction of sp³-hybridized carbons (Fsp3) is 0.310. The topological polar surface area (TPSA) is 9.23 Å². The Kier molecular flexibility index (Phi) is 6.55. The maximum atomic E-state index is 5.52. The molecule has 152 valence electrons. The van der Waals surface area contributed by atoms with E-state index in [0.717, 1.165) is 28.7 Å². The normalized spacial score (nSPS) is 18.3. The lowest BCUT2D eigenvalue weighted by molar-refractivity contribution is 0.340. The minimum atomic E-state index is 0.690. The maximum absolute atomic E-state index is 5.52. The van der Waals surface area contributed by atoms with Crippen LogP contribution in [0.3, 0.4) is 0 Å². The fourth-order valence-electron chi connectivity index (χ4n) is 4.23. The molecule has 1 aliphatic carbocycles. The summed E-state index contributed by atoms with van der Waals surface area (Å²) in [5, 5.41) is 0. The summed E-state index contributed by atoms with van der Waals surface area (Å²) in [4.78, 5) is 0. The zero-order valence-corrected chi connectivity index (χ0v) is 18.0. The second-order valence-electron chi connectivity index (χ2n) is 8.36. The van der Waals surface area contributed by atoms with E-state index in [0.29, 0.717) is 6.61 Å². The number of hydrogen-bond acceptors (Lipinski definition) is 1. The van der Waals surface area contributed by atoms with E-state index >= 15 is 0 Å². The highest BCUT2D eigenvalue weighted by Crippen LogP contribution is 2.35. The summed E-state index contributed by atoms with van der Waals surface area (Å²) in [6, 6.07) is 25.6. The second-order valence-corrected chi connectivity index (χ2v) is 8.36. The van der Waals surface area contributed by atoms with Crippen LogP contribution in [0.15, 0.2) is 72.8 Å². The molecule has 0 saturated heterocycles. The van der Waals surface area contributed by atoms with E-state index in [4.69, 9.17) is 4.74 Å². The Balaban J connectivity index is 1.40. The highest BCUT2D eigenvalue weighted by Gasteiger charge is 2.19.